The number of thioether (sulfide) groups is 1. The van der Waals surface area contributed by atoms with Crippen molar-refractivity contribution >= 4 is 23.4 Å². The van der Waals surface area contributed by atoms with E-state index >= 15 is 0 Å². The molecule has 7 nitrogen and oxygen atoms in total. The fraction of sp³-hybridized carbons (Fsp3) is 0.533. The summed E-state index contributed by atoms with van der Waals surface area (Å²) in [5.74, 6) is 4.09. The molecule has 1 fully saturated rings. The molecule has 0 spiro atoms. The molecule has 0 amide bonds. The van der Waals surface area contributed by atoms with Crippen molar-refractivity contribution in [2.75, 3.05) is 41.4 Å². The fourth-order valence-corrected chi connectivity index (χ4v) is 3.42. The molecule has 2 aromatic heterocycles. The van der Waals surface area contributed by atoms with Gasteiger partial charge in [-0.05, 0) is 13.0 Å². The summed E-state index contributed by atoms with van der Waals surface area (Å²) in [4.78, 5) is 11.0. The Morgan fingerprint density at radius 2 is 2.17 bits per heavy atom. The lowest BCUT2D eigenvalue weighted by molar-refractivity contribution is 0.393. The highest BCUT2D eigenvalue weighted by Gasteiger charge is 2.20. The van der Waals surface area contributed by atoms with Crippen LogP contribution in [-0.4, -0.2) is 56.4 Å². The smallest absolute Gasteiger partial charge is 0.134 e. The van der Waals surface area contributed by atoms with Crippen LogP contribution in [0, 0.1) is 0 Å². The Morgan fingerprint density at radius 3 is 2.91 bits per heavy atom. The van der Waals surface area contributed by atoms with Crippen molar-refractivity contribution < 1.29 is 0 Å². The Labute approximate surface area is 140 Å². The zero-order chi connectivity index (χ0) is 16.1. The molecule has 1 aliphatic heterocycles. The minimum Gasteiger partial charge on any atom is -0.368 e. The van der Waals surface area contributed by atoms with Gasteiger partial charge in [0, 0.05) is 55.1 Å². The number of nitrogens with one attached hydrogen (secondary N) is 1. The molecule has 0 aliphatic carbocycles. The zero-order valence-corrected chi connectivity index (χ0v) is 14.2. The quantitative estimate of drug-likeness (QED) is 0.817. The van der Waals surface area contributed by atoms with Crippen LogP contribution < -0.4 is 16.0 Å². The van der Waals surface area contributed by atoms with Gasteiger partial charge in [0.25, 0.3) is 0 Å². The van der Waals surface area contributed by atoms with E-state index in [9.17, 15) is 0 Å². The highest BCUT2D eigenvalue weighted by molar-refractivity contribution is 7.99. The van der Waals surface area contributed by atoms with Gasteiger partial charge in [0.1, 0.15) is 18.0 Å². The molecule has 2 aromatic rings. The number of hydrogen-bond acceptors (Lipinski definition) is 7. The predicted molar refractivity (Wildman–Crippen MR) is 94.9 cm³/mol. The van der Waals surface area contributed by atoms with Crippen molar-refractivity contribution in [3.05, 3.63) is 30.9 Å². The summed E-state index contributed by atoms with van der Waals surface area (Å²) >= 11 is 1.99. The second-order valence-electron chi connectivity index (χ2n) is 6.07. The third-order valence-electron chi connectivity index (χ3n) is 3.74. The van der Waals surface area contributed by atoms with E-state index in [0.717, 1.165) is 36.2 Å². The molecule has 23 heavy (non-hydrogen) atoms. The van der Waals surface area contributed by atoms with Crippen molar-refractivity contribution in [3.8, 4) is 0 Å². The van der Waals surface area contributed by atoms with Gasteiger partial charge in [0.05, 0.1) is 6.54 Å². The second kappa shape index (κ2) is 7.18. The van der Waals surface area contributed by atoms with E-state index in [4.69, 9.17) is 5.73 Å². The summed E-state index contributed by atoms with van der Waals surface area (Å²) in [5.41, 5.74) is 5.94. The van der Waals surface area contributed by atoms with Gasteiger partial charge in [-0.3, -0.25) is 4.68 Å². The van der Waals surface area contributed by atoms with Crippen molar-refractivity contribution in [1.29, 1.82) is 0 Å². The molecule has 0 saturated carbocycles. The van der Waals surface area contributed by atoms with E-state index in [1.54, 1.807) is 12.5 Å². The third-order valence-corrected chi connectivity index (χ3v) is 4.69. The van der Waals surface area contributed by atoms with Crippen LogP contribution in [0.15, 0.2) is 30.9 Å². The van der Waals surface area contributed by atoms with Gasteiger partial charge in [-0.15, -0.1) is 0 Å². The summed E-state index contributed by atoms with van der Waals surface area (Å²) in [6, 6.07) is 3.90. The molecular formula is C15H23N7S. The van der Waals surface area contributed by atoms with E-state index < -0.39 is 5.54 Å². The van der Waals surface area contributed by atoms with Crippen LogP contribution in [-0.2, 0) is 6.54 Å². The minimum atomic E-state index is -0.418. The van der Waals surface area contributed by atoms with Gasteiger partial charge in [0.2, 0.25) is 0 Å². The minimum absolute atomic E-state index is 0.418. The largest absolute Gasteiger partial charge is 0.368 e. The van der Waals surface area contributed by atoms with Crippen molar-refractivity contribution in [2.45, 2.75) is 19.0 Å². The number of nitrogens with two attached hydrogens (primary N) is 1. The van der Waals surface area contributed by atoms with Crippen molar-refractivity contribution in [2.24, 2.45) is 5.73 Å². The predicted octanol–water partition coefficient (Wildman–Crippen LogP) is 1.06. The molecule has 0 radical (unpaired) electrons. The van der Waals surface area contributed by atoms with Gasteiger partial charge in [0.15, 0.2) is 0 Å². The molecule has 1 unspecified atom stereocenters. The monoisotopic (exact) mass is 333 g/mol. The van der Waals surface area contributed by atoms with Crippen LogP contribution in [0.3, 0.4) is 0 Å². The zero-order valence-electron chi connectivity index (χ0n) is 13.4. The fourth-order valence-electron chi connectivity index (χ4n) is 2.52. The standard InChI is InChI=1S/C15H23N7S/c1-15(16,11-22-4-2-3-20-22)10-17-13-9-14(19-12-18-13)21-5-7-23-8-6-21/h2-4,9,12H,5-8,10-11,16H2,1H3,(H,17,18,19). The number of aromatic nitrogens is 4. The molecule has 3 N–H and O–H groups in total. The van der Waals surface area contributed by atoms with Crippen LogP contribution in [0.5, 0.6) is 0 Å². The van der Waals surface area contributed by atoms with E-state index in [0.29, 0.717) is 13.1 Å². The molecule has 3 heterocycles. The Morgan fingerprint density at radius 1 is 1.35 bits per heavy atom. The Balaban J connectivity index is 1.59. The topological polar surface area (TPSA) is 84.9 Å². The average molecular weight is 333 g/mol. The highest BCUT2D eigenvalue weighted by Crippen LogP contribution is 2.19. The van der Waals surface area contributed by atoms with E-state index in [1.165, 1.54) is 0 Å². The number of anilines is 2. The lowest BCUT2D eigenvalue weighted by Gasteiger charge is -2.28. The van der Waals surface area contributed by atoms with Gasteiger partial charge >= 0.3 is 0 Å². The van der Waals surface area contributed by atoms with Gasteiger partial charge < -0.3 is 16.0 Å². The first-order chi connectivity index (χ1) is 11.1. The maximum absolute atomic E-state index is 6.36. The summed E-state index contributed by atoms with van der Waals surface area (Å²) in [6.07, 6.45) is 5.29. The van der Waals surface area contributed by atoms with E-state index in [1.807, 2.05) is 41.7 Å². The van der Waals surface area contributed by atoms with Crippen LogP contribution in [0.1, 0.15) is 6.92 Å². The molecule has 0 aromatic carbocycles. The molecule has 1 aliphatic rings. The number of nitrogens with zero attached hydrogens (tertiary/aromatic N) is 5. The third kappa shape index (κ3) is 4.59. The lowest BCUT2D eigenvalue weighted by atomic mass is 10.0. The van der Waals surface area contributed by atoms with Gasteiger partial charge in [-0.1, -0.05) is 0 Å². The molecule has 1 saturated heterocycles. The van der Waals surface area contributed by atoms with E-state index in [-0.39, 0.29) is 0 Å². The lowest BCUT2D eigenvalue weighted by Crippen LogP contribution is -2.47. The van der Waals surface area contributed by atoms with Crippen LogP contribution in [0.4, 0.5) is 11.6 Å². The van der Waals surface area contributed by atoms with Crippen molar-refractivity contribution in [3.63, 3.8) is 0 Å². The Bertz CT molecular complexity index is 608. The van der Waals surface area contributed by atoms with Gasteiger partial charge in [-0.25, -0.2) is 9.97 Å². The highest BCUT2D eigenvalue weighted by atomic mass is 32.2. The summed E-state index contributed by atoms with van der Waals surface area (Å²) in [5, 5.41) is 7.53. The first-order valence-electron chi connectivity index (χ1n) is 7.77. The number of hydrogen-bond donors (Lipinski definition) is 2. The molecule has 8 heteroatoms. The first-order valence-corrected chi connectivity index (χ1v) is 8.93. The molecular weight excluding hydrogens is 310 g/mol. The maximum atomic E-state index is 6.36. The van der Waals surface area contributed by atoms with Gasteiger partial charge in [-0.2, -0.15) is 16.9 Å². The first kappa shape index (κ1) is 16.1. The molecule has 124 valence electrons. The molecule has 3 rings (SSSR count). The normalized spacial score (nSPS) is 17.7. The SMILES string of the molecule is CC(N)(CNc1cc(N2CCSCC2)ncn1)Cn1cccn1. The second-order valence-corrected chi connectivity index (χ2v) is 7.30. The average Bonchev–Trinajstić information content (AvgIpc) is 3.06. The van der Waals surface area contributed by atoms with E-state index in [2.05, 4.69) is 25.3 Å². The number of rotatable bonds is 6. The van der Waals surface area contributed by atoms with Crippen LogP contribution in [0.25, 0.3) is 0 Å². The van der Waals surface area contributed by atoms with Crippen LogP contribution in [0.2, 0.25) is 0 Å². The Kier molecular flexibility index (Phi) is 5.02. The molecule has 1 atom stereocenters. The van der Waals surface area contributed by atoms with Crippen LogP contribution >= 0.6 is 11.8 Å². The summed E-state index contributed by atoms with van der Waals surface area (Å²) in [7, 11) is 0. The summed E-state index contributed by atoms with van der Waals surface area (Å²) < 4.78 is 1.85. The maximum Gasteiger partial charge on any atom is 0.134 e. The summed E-state index contributed by atoms with van der Waals surface area (Å²) in [6.45, 7) is 5.34. The Hall–Kier alpha value is -1.80. The molecule has 0 bridgehead atoms. The van der Waals surface area contributed by atoms with Crippen molar-refractivity contribution in [1.82, 2.24) is 19.7 Å².